The number of carbonyl (C=O) groups is 5. The standard InChI is InChI=1S/C45H57N5O10S/c1-4-29-24-45(29,43(54)49-61(56,57)31-21-22-31)48-39(51)35-23-30-25-50(35)41(52)37(28-14-8-9-15-28)47-44(55)59-36-20-12-16-27(36)13-6-5-7-18-33-38(60-42(53)26(2)3)32-17-10-11-19-34(32)46-40(33)58-30/h4-5,7,10-11,17,19,26-31,35-37H,1,6,8-9,12-16,18,20-25H2,2-3H3,(H,47,55)(H,48,51)(H,49,54)/b7-5-/t27-,29-,30-,35+,36-,37+,45-/m1/s1. The number of alkyl carbamates (subject to hydrolysis) is 1. The fourth-order valence-corrected chi connectivity index (χ4v) is 11.0. The zero-order chi connectivity index (χ0) is 43.1. The van der Waals surface area contributed by atoms with Gasteiger partial charge in [0.15, 0.2) is 0 Å². The van der Waals surface area contributed by atoms with Crippen LogP contribution in [0.1, 0.15) is 103 Å². The van der Waals surface area contributed by atoms with Crippen LogP contribution in [0.25, 0.3) is 10.9 Å². The van der Waals surface area contributed by atoms with Crippen LogP contribution in [-0.4, -0.2) is 89.7 Å². The molecule has 16 heteroatoms. The van der Waals surface area contributed by atoms with Crippen molar-refractivity contribution in [3.63, 3.8) is 0 Å². The lowest BCUT2D eigenvalue weighted by Gasteiger charge is -2.32. The van der Waals surface area contributed by atoms with Crippen molar-refractivity contribution < 1.29 is 46.6 Å². The van der Waals surface area contributed by atoms with Gasteiger partial charge in [-0.15, -0.1) is 6.58 Å². The highest BCUT2D eigenvalue weighted by Gasteiger charge is 2.62. The van der Waals surface area contributed by atoms with Crippen LogP contribution in [0.3, 0.4) is 0 Å². The van der Waals surface area contributed by atoms with E-state index < -0.39 is 80.6 Å². The second-order valence-electron chi connectivity index (χ2n) is 18.0. The van der Waals surface area contributed by atoms with Gasteiger partial charge in [0.25, 0.3) is 5.91 Å². The summed E-state index contributed by atoms with van der Waals surface area (Å²) in [6.45, 7) is 7.25. The maximum absolute atomic E-state index is 15.0. The summed E-state index contributed by atoms with van der Waals surface area (Å²) in [5, 5.41) is 5.75. The monoisotopic (exact) mass is 859 g/mol. The van der Waals surface area contributed by atoms with E-state index in [9.17, 15) is 32.4 Å². The van der Waals surface area contributed by atoms with Gasteiger partial charge in [0.1, 0.15) is 35.6 Å². The van der Waals surface area contributed by atoms with Crippen molar-refractivity contribution >= 4 is 50.7 Å². The van der Waals surface area contributed by atoms with Gasteiger partial charge in [0.2, 0.25) is 27.7 Å². The van der Waals surface area contributed by atoms with Crippen molar-refractivity contribution in [1.82, 2.24) is 25.2 Å². The number of esters is 1. The minimum atomic E-state index is -3.93. The quantitative estimate of drug-likeness (QED) is 0.222. The molecule has 4 aliphatic carbocycles. The number of hydrogen-bond donors (Lipinski definition) is 3. The third kappa shape index (κ3) is 9.01. The highest BCUT2D eigenvalue weighted by Crippen LogP contribution is 2.46. The molecule has 4 amide bonds. The van der Waals surface area contributed by atoms with Gasteiger partial charge in [-0.05, 0) is 94.6 Å². The molecule has 0 unspecified atom stereocenters. The molecule has 1 aromatic heterocycles. The summed E-state index contributed by atoms with van der Waals surface area (Å²) in [5.74, 6) is -2.95. The molecule has 3 N–H and O–H groups in total. The second-order valence-corrected chi connectivity index (χ2v) is 20.0. The van der Waals surface area contributed by atoms with Gasteiger partial charge >= 0.3 is 12.1 Å². The molecular weight excluding hydrogens is 803 g/mol. The van der Waals surface area contributed by atoms with Crippen molar-refractivity contribution in [2.24, 2.45) is 23.7 Å². The Morgan fingerprint density at radius 2 is 1.75 bits per heavy atom. The molecule has 0 radical (unpaired) electrons. The van der Waals surface area contributed by atoms with E-state index in [1.165, 1.54) is 11.0 Å². The number of aromatic nitrogens is 1. The lowest BCUT2D eigenvalue weighted by Crippen LogP contribution is -2.59. The molecule has 0 spiro atoms. The number of nitrogens with zero attached hydrogens (tertiary/aromatic N) is 2. The summed E-state index contributed by atoms with van der Waals surface area (Å²) in [5.41, 5.74) is -0.526. The van der Waals surface area contributed by atoms with Gasteiger partial charge < -0.3 is 29.7 Å². The number of nitrogens with one attached hydrogen (secondary N) is 3. The van der Waals surface area contributed by atoms with Gasteiger partial charge in [0.05, 0.1) is 28.8 Å². The molecule has 2 bridgehead atoms. The summed E-state index contributed by atoms with van der Waals surface area (Å²) >= 11 is 0. The van der Waals surface area contributed by atoms with Crippen LogP contribution in [0.15, 0.2) is 49.1 Å². The SMILES string of the molecule is C=C[C@@H]1C[C@]1(NC(=O)[C@@H]1C[C@@H]2CN1C(=O)[C@H](C1CCCC1)NC(=O)O[C@@H]1CCC[C@H]1CC/C=C\Cc1c(nc3ccccc3c1OC(=O)C(C)C)O2)C(=O)NS(=O)(=O)C1CC1. The van der Waals surface area contributed by atoms with Gasteiger partial charge in [-0.2, -0.15) is 0 Å². The first-order valence-corrected chi connectivity index (χ1v) is 23.6. The summed E-state index contributed by atoms with van der Waals surface area (Å²) in [7, 11) is -3.93. The van der Waals surface area contributed by atoms with Gasteiger partial charge in [-0.3, -0.25) is 23.9 Å². The van der Waals surface area contributed by atoms with E-state index in [2.05, 4.69) is 28.0 Å². The van der Waals surface area contributed by atoms with Crippen LogP contribution in [0.2, 0.25) is 0 Å². The number of fused-ring (bicyclic) bond motifs is 5. The normalized spacial score (nSPS) is 30.2. The average molecular weight is 860 g/mol. The predicted molar refractivity (Wildman–Crippen MR) is 225 cm³/mol. The number of rotatable bonds is 9. The van der Waals surface area contributed by atoms with E-state index in [-0.39, 0.29) is 43.2 Å². The number of hydrogen-bond acceptors (Lipinski definition) is 11. The molecule has 2 aliphatic heterocycles. The largest absolute Gasteiger partial charge is 0.472 e. The summed E-state index contributed by atoms with van der Waals surface area (Å²) in [6, 6.07) is 5.12. The zero-order valence-corrected chi connectivity index (χ0v) is 35.8. The molecule has 2 aromatic rings. The first kappa shape index (κ1) is 42.7. The number of ether oxygens (including phenoxy) is 3. The van der Waals surface area contributed by atoms with Crippen LogP contribution in [0, 0.1) is 23.7 Å². The third-order valence-electron chi connectivity index (χ3n) is 13.4. The number of carbonyl (C=O) groups excluding carboxylic acids is 5. The molecule has 61 heavy (non-hydrogen) atoms. The molecular formula is C45H57N5O10S. The first-order valence-electron chi connectivity index (χ1n) is 22.0. The van der Waals surface area contributed by atoms with Crippen LogP contribution >= 0.6 is 0 Å². The van der Waals surface area contributed by atoms with E-state index >= 15 is 0 Å². The van der Waals surface area contributed by atoms with E-state index in [1.54, 1.807) is 19.9 Å². The molecule has 3 heterocycles. The lowest BCUT2D eigenvalue weighted by molar-refractivity contribution is -0.142. The van der Waals surface area contributed by atoms with E-state index in [4.69, 9.17) is 19.2 Å². The fourth-order valence-electron chi connectivity index (χ4n) is 9.63. The van der Waals surface area contributed by atoms with Crippen molar-refractivity contribution in [3.8, 4) is 11.6 Å². The molecule has 1 saturated heterocycles. The number of para-hydroxylation sites is 1. The molecule has 1 aromatic carbocycles. The Kier molecular flexibility index (Phi) is 12.2. The van der Waals surface area contributed by atoms with Crippen LogP contribution < -0.4 is 24.8 Å². The van der Waals surface area contributed by atoms with E-state index in [0.717, 1.165) is 44.9 Å². The Balaban J connectivity index is 1.17. The Morgan fingerprint density at radius 3 is 2.48 bits per heavy atom. The van der Waals surface area contributed by atoms with Crippen molar-refractivity contribution in [2.75, 3.05) is 6.54 Å². The van der Waals surface area contributed by atoms with Crippen LogP contribution in [0.4, 0.5) is 4.79 Å². The number of pyridine rings is 1. The number of benzene rings is 1. The summed E-state index contributed by atoms with van der Waals surface area (Å²) < 4.78 is 46.8. The number of sulfonamides is 1. The maximum atomic E-state index is 15.0. The Bertz CT molecular complexity index is 2220. The molecule has 15 nitrogen and oxygen atoms in total. The average Bonchev–Trinajstić information content (AvgIpc) is 4.02. The maximum Gasteiger partial charge on any atom is 0.408 e. The first-order chi connectivity index (χ1) is 29.3. The molecule has 7 atom stereocenters. The lowest BCUT2D eigenvalue weighted by atomic mass is 9.96. The highest BCUT2D eigenvalue weighted by molar-refractivity contribution is 7.91. The summed E-state index contributed by atoms with van der Waals surface area (Å²) in [6.07, 6.45) is 12.3. The van der Waals surface area contributed by atoms with Crippen LogP contribution in [0.5, 0.6) is 11.6 Å². The molecule has 4 saturated carbocycles. The fraction of sp³-hybridized carbons (Fsp3) is 0.600. The molecule has 6 aliphatic rings. The van der Waals surface area contributed by atoms with Gasteiger partial charge in [0, 0.05) is 17.7 Å². The topological polar surface area (TPSA) is 199 Å². The van der Waals surface area contributed by atoms with Crippen LogP contribution in [-0.2, 0) is 40.4 Å². The van der Waals surface area contributed by atoms with Crippen molar-refractivity contribution in [1.29, 1.82) is 0 Å². The summed E-state index contributed by atoms with van der Waals surface area (Å²) in [4.78, 5) is 76.6. The van der Waals surface area contributed by atoms with Crippen molar-refractivity contribution in [2.45, 2.75) is 139 Å². The highest BCUT2D eigenvalue weighted by atomic mass is 32.2. The van der Waals surface area contributed by atoms with Crippen molar-refractivity contribution in [3.05, 3.63) is 54.6 Å². The smallest absolute Gasteiger partial charge is 0.408 e. The Hall–Kier alpha value is -4.99. The zero-order valence-electron chi connectivity index (χ0n) is 34.9. The Labute approximate surface area is 356 Å². The number of amides is 4. The molecule has 8 rings (SSSR count). The predicted octanol–water partition coefficient (Wildman–Crippen LogP) is 5.16. The van der Waals surface area contributed by atoms with Gasteiger partial charge in [-0.25, -0.2) is 18.2 Å². The van der Waals surface area contributed by atoms with E-state index in [0.29, 0.717) is 54.3 Å². The second kappa shape index (κ2) is 17.4. The minimum Gasteiger partial charge on any atom is -0.472 e. The number of allylic oxidation sites excluding steroid dienone is 2. The van der Waals surface area contributed by atoms with E-state index in [1.807, 2.05) is 24.3 Å². The molecule has 328 valence electrons. The third-order valence-corrected chi connectivity index (χ3v) is 15.2. The Morgan fingerprint density at radius 1 is 1.00 bits per heavy atom. The molecule has 5 fully saturated rings. The van der Waals surface area contributed by atoms with Gasteiger partial charge in [-0.1, -0.05) is 57.0 Å². The minimum absolute atomic E-state index is 0.0229.